The van der Waals surface area contributed by atoms with Gasteiger partial charge in [-0.25, -0.2) is 17.5 Å². The van der Waals surface area contributed by atoms with Crippen molar-refractivity contribution in [3.05, 3.63) is 34.1 Å². The van der Waals surface area contributed by atoms with E-state index in [-0.39, 0.29) is 11.9 Å². The molecule has 4 nitrogen and oxygen atoms in total. The van der Waals surface area contributed by atoms with Crippen LogP contribution >= 0.6 is 15.9 Å². The molecule has 108 valence electrons. The SMILES string of the molecule is CC(NCCCNS(C)(=O)=O)c1ccc(F)c(Br)c1. The van der Waals surface area contributed by atoms with Gasteiger partial charge in [0, 0.05) is 12.6 Å². The fourth-order valence-electron chi connectivity index (χ4n) is 1.56. The third-order valence-corrected chi connectivity index (χ3v) is 3.95. The number of benzene rings is 1. The molecule has 0 saturated carbocycles. The Kier molecular flexibility index (Phi) is 6.38. The molecule has 0 fully saturated rings. The molecule has 1 rings (SSSR count). The predicted molar refractivity (Wildman–Crippen MR) is 78.0 cm³/mol. The fraction of sp³-hybridized carbons (Fsp3) is 0.500. The van der Waals surface area contributed by atoms with Crippen LogP contribution in [0.25, 0.3) is 0 Å². The van der Waals surface area contributed by atoms with Gasteiger partial charge in [0.15, 0.2) is 0 Å². The number of hydrogen-bond acceptors (Lipinski definition) is 3. The van der Waals surface area contributed by atoms with Crippen molar-refractivity contribution >= 4 is 26.0 Å². The van der Waals surface area contributed by atoms with Crippen molar-refractivity contribution < 1.29 is 12.8 Å². The summed E-state index contributed by atoms with van der Waals surface area (Å²) >= 11 is 3.15. The van der Waals surface area contributed by atoms with Crippen LogP contribution in [0.1, 0.15) is 24.9 Å². The van der Waals surface area contributed by atoms with Crippen molar-refractivity contribution in [1.29, 1.82) is 0 Å². The lowest BCUT2D eigenvalue weighted by Gasteiger charge is -2.14. The van der Waals surface area contributed by atoms with Gasteiger partial charge in [-0.2, -0.15) is 0 Å². The standard InChI is InChI=1S/C12H18BrFN2O2S/c1-9(10-4-5-12(14)11(13)8-10)15-6-3-7-16-19(2,17)18/h4-5,8-9,15-16H,3,6-7H2,1-2H3. The van der Waals surface area contributed by atoms with Gasteiger partial charge < -0.3 is 5.32 Å². The van der Waals surface area contributed by atoms with Gasteiger partial charge in [0.2, 0.25) is 10.0 Å². The smallest absolute Gasteiger partial charge is 0.208 e. The largest absolute Gasteiger partial charge is 0.310 e. The van der Waals surface area contributed by atoms with Gasteiger partial charge in [0.05, 0.1) is 10.7 Å². The average molecular weight is 353 g/mol. The molecular weight excluding hydrogens is 335 g/mol. The minimum absolute atomic E-state index is 0.0788. The van der Waals surface area contributed by atoms with Gasteiger partial charge in [-0.3, -0.25) is 0 Å². The summed E-state index contributed by atoms with van der Waals surface area (Å²) in [5, 5.41) is 3.25. The number of halogens is 2. The maximum Gasteiger partial charge on any atom is 0.208 e. The van der Waals surface area contributed by atoms with Crippen molar-refractivity contribution in [3.63, 3.8) is 0 Å². The summed E-state index contributed by atoms with van der Waals surface area (Å²) in [6, 6.07) is 4.96. The third kappa shape index (κ3) is 6.47. The van der Waals surface area contributed by atoms with E-state index in [1.165, 1.54) is 6.07 Å². The molecule has 19 heavy (non-hydrogen) atoms. The monoisotopic (exact) mass is 352 g/mol. The van der Waals surface area contributed by atoms with Gasteiger partial charge in [0.1, 0.15) is 5.82 Å². The molecule has 0 saturated heterocycles. The molecule has 1 aromatic carbocycles. The van der Waals surface area contributed by atoms with Crippen LogP contribution in [0.15, 0.2) is 22.7 Å². The normalized spacial score (nSPS) is 13.5. The van der Waals surface area contributed by atoms with E-state index in [1.54, 1.807) is 12.1 Å². The summed E-state index contributed by atoms with van der Waals surface area (Å²) in [6.45, 7) is 3.06. The summed E-state index contributed by atoms with van der Waals surface area (Å²) in [5.74, 6) is -0.284. The summed E-state index contributed by atoms with van der Waals surface area (Å²) in [4.78, 5) is 0. The molecule has 0 aliphatic carbocycles. The predicted octanol–water partition coefficient (Wildman–Crippen LogP) is 2.18. The van der Waals surface area contributed by atoms with Crippen LogP contribution in [-0.2, 0) is 10.0 Å². The molecule has 1 atom stereocenters. The topological polar surface area (TPSA) is 58.2 Å². The van der Waals surface area contributed by atoms with E-state index in [1.807, 2.05) is 6.92 Å². The van der Waals surface area contributed by atoms with Crippen molar-refractivity contribution in [2.45, 2.75) is 19.4 Å². The van der Waals surface area contributed by atoms with Crippen LogP contribution in [0, 0.1) is 5.82 Å². The minimum Gasteiger partial charge on any atom is -0.310 e. The molecule has 1 aromatic rings. The number of rotatable bonds is 7. The van der Waals surface area contributed by atoms with Crippen molar-refractivity contribution in [1.82, 2.24) is 10.0 Å². The summed E-state index contributed by atoms with van der Waals surface area (Å²) in [6.07, 6.45) is 1.83. The Morgan fingerprint density at radius 2 is 2.05 bits per heavy atom. The lowest BCUT2D eigenvalue weighted by atomic mass is 10.1. The van der Waals surface area contributed by atoms with E-state index in [0.29, 0.717) is 24.0 Å². The summed E-state index contributed by atoms with van der Waals surface area (Å²) < 4.78 is 37.7. The van der Waals surface area contributed by atoms with Crippen molar-refractivity contribution in [3.8, 4) is 0 Å². The first kappa shape index (κ1) is 16.6. The minimum atomic E-state index is -3.11. The maximum atomic E-state index is 13.1. The second-order valence-corrected chi connectivity index (χ2v) is 7.06. The molecule has 0 spiro atoms. The lowest BCUT2D eigenvalue weighted by Crippen LogP contribution is -2.27. The van der Waals surface area contributed by atoms with Crippen molar-refractivity contribution in [2.24, 2.45) is 0 Å². The first-order valence-electron chi connectivity index (χ1n) is 5.92. The van der Waals surface area contributed by atoms with E-state index in [2.05, 4.69) is 26.0 Å². The first-order chi connectivity index (χ1) is 8.79. The highest BCUT2D eigenvalue weighted by Crippen LogP contribution is 2.21. The van der Waals surface area contributed by atoms with Crippen LogP contribution in [0.5, 0.6) is 0 Å². The second-order valence-electron chi connectivity index (χ2n) is 4.37. The van der Waals surface area contributed by atoms with Crippen LogP contribution in [0.3, 0.4) is 0 Å². The van der Waals surface area contributed by atoms with Crippen LogP contribution < -0.4 is 10.0 Å². The highest BCUT2D eigenvalue weighted by Gasteiger charge is 2.07. The fourth-order valence-corrected chi connectivity index (χ4v) is 2.48. The molecule has 0 aliphatic rings. The Morgan fingerprint density at radius 1 is 1.37 bits per heavy atom. The van der Waals surface area contributed by atoms with Gasteiger partial charge in [-0.1, -0.05) is 6.07 Å². The van der Waals surface area contributed by atoms with E-state index in [0.717, 1.165) is 11.8 Å². The summed E-state index contributed by atoms with van der Waals surface area (Å²) in [5.41, 5.74) is 0.976. The Bertz CT molecular complexity index is 522. The highest BCUT2D eigenvalue weighted by atomic mass is 79.9. The zero-order valence-corrected chi connectivity index (χ0v) is 13.3. The highest BCUT2D eigenvalue weighted by molar-refractivity contribution is 9.10. The zero-order chi connectivity index (χ0) is 14.5. The van der Waals surface area contributed by atoms with Crippen LogP contribution in [0.4, 0.5) is 4.39 Å². The van der Waals surface area contributed by atoms with Gasteiger partial charge >= 0.3 is 0 Å². The number of hydrogen-bond donors (Lipinski definition) is 2. The molecule has 1 unspecified atom stereocenters. The molecule has 0 aromatic heterocycles. The number of sulfonamides is 1. The third-order valence-electron chi connectivity index (χ3n) is 2.61. The molecule has 0 aliphatic heterocycles. The van der Waals surface area contributed by atoms with E-state index in [9.17, 15) is 12.8 Å². The van der Waals surface area contributed by atoms with Gasteiger partial charge in [-0.05, 0) is 53.5 Å². The van der Waals surface area contributed by atoms with Crippen LogP contribution in [0.2, 0.25) is 0 Å². The van der Waals surface area contributed by atoms with Gasteiger partial charge in [0.25, 0.3) is 0 Å². The molecule has 0 bridgehead atoms. The van der Waals surface area contributed by atoms with Crippen molar-refractivity contribution in [2.75, 3.05) is 19.3 Å². The van der Waals surface area contributed by atoms with Crippen LogP contribution in [-0.4, -0.2) is 27.8 Å². The molecule has 7 heteroatoms. The second kappa shape index (κ2) is 7.33. The van der Waals surface area contributed by atoms with E-state index in [4.69, 9.17) is 0 Å². The zero-order valence-electron chi connectivity index (χ0n) is 10.9. The lowest BCUT2D eigenvalue weighted by molar-refractivity contribution is 0.546. The number of nitrogens with one attached hydrogen (secondary N) is 2. The molecule has 2 N–H and O–H groups in total. The molecular formula is C12H18BrFN2O2S. The molecule has 0 radical (unpaired) electrons. The molecule has 0 amide bonds. The quantitative estimate of drug-likeness (QED) is 0.739. The first-order valence-corrected chi connectivity index (χ1v) is 8.61. The average Bonchev–Trinajstić information content (AvgIpc) is 2.30. The molecule has 0 heterocycles. The van der Waals surface area contributed by atoms with E-state index >= 15 is 0 Å². The Labute approximate surface area is 122 Å². The Balaban J connectivity index is 2.35. The van der Waals surface area contributed by atoms with Gasteiger partial charge in [-0.15, -0.1) is 0 Å². The Hall–Kier alpha value is -0.500. The summed E-state index contributed by atoms with van der Waals surface area (Å²) in [7, 11) is -3.11. The Morgan fingerprint density at radius 3 is 2.63 bits per heavy atom. The van der Waals surface area contributed by atoms with E-state index < -0.39 is 10.0 Å². The maximum absolute atomic E-state index is 13.1.